The van der Waals surface area contributed by atoms with Crippen LogP contribution in [0.15, 0.2) is 22.9 Å². The van der Waals surface area contributed by atoms with Crippen molar-refractivity contribution in [2.75, 3.05) is 0 Å². The Kier molecular flexibility index (Phi) is 2.65. The Balaban J connectivity index is 2.29. The Morgan fingerprint density at radius 1 is 1.46 bits per heavy atom. The van der Waals surface area contributed by atoms with Crippen LogP contribution in [0, 0.1) is 0 Å². The van der Waals surface area contributed by atoms with Gasteiger partial charge in [0.1, 0.15) is 4.60 Å². The van der Waals surface area contributed by atoms with E-state index in [0.29, 0.717) is 0 Å². The highest BCUT2D eigenvalue weighted by Crippen LogP contribution is 2.36. The van der Waals surface area contributed by atoms with E-state index in [-0.39, 0.29) is 12.0 Å². The number of hydrogen-bond donors (Lipinski definition) is 1. The zero-order valence-corrected chi connectivity index (χ0v) is 8.87. The molecule has 3 heteroatoms. The lowest BCUT2D eigenvalue weighted by Gasteiger charge is -2.15. The molecule has 2 atom stereocenters. The Labute approximate surface area is 86.1 Å². The average molecular weight is 242 g/mol. The summed E-state index contributed by atoms with van der Waals surface area (Å²) in [5.74, 6) is 0.281. The highest BCUT2D eigenvalue weighted by atomic mass is 79.9. The lowest BCUT2D eigenvalue weighted by Crippen LogP contribution is -2.11. The molecule has 0 spiro atoms. The molecule has 1 aromatic heterocycles. The van der Waals surface area contributed by atoms with Crippen molar-refractivity contribution in [2.45, 2.75) is 31.3 Å². The fourth-order valence-corrected chi connectivity index (χ4v) is 2.52. The second-order valence-corrected chi connectivity index (χ2v) is 4.24. The maximum Gasteiger partial charge on any atom is 0.109 e. The third kappa shape index (κ3) is 1.76. The van der Waals surface area contributed by atoms with E-state index in [9.17, 15) is 5.11 Å². The number of halogens is 1. The van der Waals surface area contributed by atoms with Crippen LogP contribution < -0.4 is 0 Å². The van der Waals surface area contributed by atoms with Crippen molar-refractivity contribution in [2.24, 2.45) is 0 Å². The van der Waals surface area contributed by atoms with E-state index in [1.807, 2.05) is 12.1 Å². The minimum Gasteiger partial charge on any atom is -0.392 e. The molecule has 1 fully saturated rings. The van der Waals surface area contributed by atoms with Gasteiger partial charge in [-0.3, -0.25) is 0 Å². The number of pyridine rings is 1. The van der Waals surface area contributed by atoms with Crippen molar-refractivity contribution >= 4 is 15.9 Å². The van der Waals surface area contributed by atoms with Crippen molar-refractivity contribution in [1.29, 1.82) is 0 Å². The van der Waals surface area contributed by atoms with Gasteiger partial charge in [0.2, 0.25) is 0 Å². The van der Waals surface area contributed by atoms with Crippen molar-refractivity contribution in [3.63, 3.8) is 0 Å². The van der Waals surface area contributed by atoms with Crippen molar-refractivity contribution in [3.8, 4) is 0 Å². The molecule has 70 valence electrons. The normalized spacial score (nSPS) is 27.8. The second-order valence-electron chi connectivity index (χ2n) is 3.49. The van der Waals surface area contributed by atoms with Crippen molar-refractivity contribution in [1.82, 2.24) is 4.98 Å². The molecule has 1 saturated carbocycles. The van der Waals surface area contributed by atoms with Crippen molar-refractivity contribution in [3.05, 3.63) is 28.5 Å². The maximum atomic E-state index is 9.72. The van der Waals surface area contributed by atoms with Crippen LogP contribution in [0.3, 0.4) is 0 Å². The van der Waals surface area contributed by atoms with Gasteiger partial charge in [-0.1, -0.05) is 12.5 Å². The van der Waals surface area contributed by atoms with Crippen LogP contribution in [0.5, 0.6) is 0 Å². The summed E-state index contributed by atoms with van der Waals surface area (Å²) < 4.78 is 0.876. The van der Waals surface area contributed by atoms with E-state index < -0.39 is 0 Å². The molecule has 1 N–H and O–H groups in total. The molecule has 2 unspecified atom stereocenters. The summed E-state index contributed by atoms with van der Waals surface area (Å²) in [6, 6.07) is 3.96. The molecule has 0 amide bonds. The number of aliphatic hydroxyl groups excluding tert-OH is 1. The Morgan fingerprint density at radius 3 is 2.92 bits per heavy atom. The minimum absolute atomic E-state index is 0.180. The first-order chi connectivity index (χ1) is 6.29. The smallest absolute Gasteiger partial charge is 0.109 e. The molecule has 1 aliphatic rings. The zero-order chi connectivity index (χ0) is 9.26. The highest BCUT2D eigenvalue weighted by Gasteiger charge is 2.28. The van der Waals surface area contributed by atoms with Gasteiger partial charge < -0.3 is 5.11 Å². The molecule has 0 saturated heterocycles. The first kappa shape index (κ1) is 9.16. The molecule has 13 heavy (non-hydrogen) atoms. The molecule has 1 aliphatic carbocycles. The first-order valence-electron chi connectivity index (χ1n) is 4.57. The maximum absolute atomic E-state index is 9.72. The average Bonchev–Trinajstić information content (AvgIpc) is 2.52. The topological polar surface area (TPSA) is 33.1 Å². The van der Waals surface area contributed by atoms with E-state index >= 15 is 0 Å². The zero-order valence-electron chi connectivity index (χ0n) is 7.28. The summed E-state index contributed by atoms with van der Waals surface area (Å²) in [5, 5.41) is 9.72. The first-order valence-corrected chi connectivity index (χ1v) is 5.37. The summed E-state index contributed by atoms with van der Waals surface area (Å²) in [5.41, 5.74) is 1.15. The summed E-state index contributed by atoms with van der Waals surface area (Å²) in [6.07, 6.45) is 4.69. The molecule has 1 aromatic rings. The van der Waals surface area contributed by atoms with E-state index in [2.05, 4.69) is 20.9 Å². The number of aromatic nitrogens is 1. The van der Waals surface area contributed by atoms with Crippen molar-refractivity contribution < 1.29 is 5.11 Å². The largest absolute Gasteiger partial charge is 0.392 e. The van der Waals surface area contributed by atoms with Crippen LogP contribution in [-0.2, 0) is 0 Å². The summed E-state index contributed by atoms with van der Waals surface area (Å²) in [4.78, 5) is 4.16. The lowest BCUT2D eigenvalue weighted by molar-refractivity contribution is 0.163. The molecule has 0 aliphatic heterocycles. The van der Waals surface area contributed by atoms with Gasteiger partial charge in [0, 0.05) is 12.1 Å². The van der Waals surface area contributed by atoms with Crippen LogP contribution in [0.2, 0.25) is 0 Å². The summed E-state index contributed by atoms with van der Waals surface area (Å²) in [7, 11) is 0. The third-order valence-electron chi connectivity index (χ3n) is 2.67. The number of rotatable bonds is 1. The van der Waals surface area contributed by atoms with Crippen LogP contribution >= 0.6 is 15.9 Å². The molecule has 1 heterocycles. The Bertz CT molecular complexity index is 303. The summed E-state index contributed by atoms with van der Waals surface area (Å²) in [6.45, 7) is 0. The number of nitrogens with zero attached hydrogens (tertiary/aromatic N) is 1. The Morgan fingerprint density at radius 2 is 2.31 bits per heavy atom. The molecule has 0 bridgehead atoms. The van der Waals surface area contributed by atoms with E-state index in [0.717, 1.165) is 29.4 Å². The monoisotopic (exact) mass is 241 g/mol. The van der Waals surface area contributed by atoms with E-state index in [1.165, 1.54) is 0 Å². The molecule has 0 aromatic carbocycles. The molecular weight excluding hydrogens is 230 g/mol. The fourth-order valence-electron chi connectivity index (χ4n) is 1.98. The van der Waals surface area contributed by atoms with Crippen LogP contribution in [-0.4, -0.2) is 16.2 Å². The fraction of sp³-hybridized carbons (Fsp3) is 0.500. The SMILES string of the molecule is OC1CCCC1c1cccnc1Br. The van der Waals surface area contributed by atoms with Gasteiger partial charge >= 0.3 is 0 Å². The van der Waals surface area contributed by atoms with Crippen LogP contribution in [0.4, 0.5) is 0 Å². The molecular formula is C10H12BrNO. The number of hydrogen-bond acceptors (Lipinski definition) is 2. The molecule has 2 rings (SSSR count). The van der Waals surface area contributed by atoms with Crippen LogP contribution in [0.25, 0.3) is 0 Å². The molecule has 0 radical (unpaired) electrons. The minimum atomic E-state index is -0.180. The quantitative estimate of drug-likeness (QED) is 0.767. The van der Waals surface area contributed by atoms with Crippen LogP contribution in [0.1, 0.15) is 30.7 Å². The van der Waals surface area contributed by atoms with E-state index in [4.69, 9.17) is 0 Å². The predicted octanol–water partition coefficient (Wildman–Crippen LogP) is 2.47. The molecule has 2 nitrogen and oxygen atoms in total. The predicted molar refractivity (Wildman–Crippen MR) is 54.5 cm³/mol. The van der Waals surface area contributed by atoms with Gasteiger partial charge in [-0.15, -0.1) is 0 Å². The van der Waals surface area contributed by atoms with Gasteiger partial charge in [-0.25, -0.2) is 4.98 Å². The summed E-state index contributed by atoms with van der Waals surface area (Å²) >= 11 is 3.41. The Hall–Kier alpha value is -0.410. The highest BCUT2D eigenvalue weighted by molar-refractivity contribution is 9.10. The van der Waals surface area contributed by atoms with E-state index in [1.54, 1.807) is 6.20 Å². The van der Waals surface area contributed by atoms with Gasteiger partial charge in [-0.2, -0.15) is 0 Å². The van der Waals surface area contributed by atoms with Gasteiger partial charge in [-0.05, 0) is 40.4 Å². The number of aliphatic hydroxyl groups is 1. The van der Waals surface area contributed by atoms with Gasteiger partial charge in [0.05, 0.1) is 6.10 Å². The van der Waals surface area contributed by atoms with Gasteiger partial charge in [0.15, 0.2) is 0 Å². The van der Waals surface area contributed by atoms with Gasteiger partial charge in [0.25, 0.3) is 0 Å². The second kappa shape index (κ2) is 3.76. The lowest BCUT2D eigenvalue weighted by atomic mass is 9.98. The standard InChI is InChI=1S/C10H12BrNO/c11-10-8(4-2-6-12-10)7-3-1-5-9(7)13/h2,4,6-7,9,13H,1,3,5H2. The third-order valence-corrected chi connectivity index (χ3v) is 3.33.